The number of rotatable bonds is 5. The van der Waals surface area contributed by atoms with E-state index in [-0.39, 0.29) is 10.8 Å². The number of alkyl halides is 3. The maximum atomic E-state index is 12.1. The van der Waals surface area contributed by atoms with Crippen LogP contribution < -0.4 is 5.32 Å². The van der Waals surface area contributed by atoms with Crippen molar-refractivity contribution in [3.63, 3.8) is 0 Å². The normalized spacial score (nSPS) is 11.5. The summed E-state index contributed by atoms with van der Waals surface area (Å²) in [4.78, 5) is 14.1. The van der Waals surface area contributed by atoms with Crippen LogP contribution >= 0.6 is 23.1 Å². The molecule has 2 aromatic heterocycles. The minimum Gasteiger partial charge on any atom is -0.351 e. The van der Waals surface area contributed by atoms with E-state index >= 15 is 0 Å². The molecule has 0 bridgehead atoms. The smallest absolute Gasteiger partial charge is 0.351 e. The van der Waals surface area contributed by atoms with E-state index in [0.717, 1.165) is 29.3 Å². The van der Waals surface area contributed by atoms with Crippen LogP contribution in [0.25, 0.3) is 0 Å². The number of aryl methyl sites for hydroxylation is 1. The quantitative estimate of drug-likeness (QED) is 0.652. The lowest BCUT2D eigenvalue weighted by molar-refractivity contribution is -0.385. The molecule has 0 unspecified atom stereocenters. The van der Waals surface area contributed by atoms with E-state index in [1.54, 1.807) is 6.92 Å². The Kier molecular flexibility index (Phi) is 4.81. The molecule has 118 valence electrons. The van der Waals surface area contributed by atoms with Crippen molar-refractivity contribution in [1.82, 2.24) is 15.2 Å². The number of anilines is 1. The third kappa shape index (κ3) is 4.53. The van der Waals surface area contributed by atoms with Crippen LogP contribution in [0.4, 0.5) is 24.0 Å². The molecular weight excluding hydrogens is 343 g/mol. The first-order valence-electron chi connectivity index (χ1n) is 5.67. The Morgan fingerprint density at radius 2 is 2.18 bits per heavy atom. The van der Waals surface area contributed by atoms with E-state index in [1.807, 2.05) is 0 Å². The van der Waals surface area contributed by atoms with E-state index in [0.29, 0.717) is 14.9 Å². The number of hydrogen-bond donors (Lipinski definition) is 1. The van der Waals surface area contributed by atoms with Gasteiger partial charge in [-0.15, -0.1) is 10.2 Å². The van der Waals surface area contributed by atoms with Gasteiger partial charge in [0.1, 0.15) is 17.8 Å². The fourth-order valence-corrected chi connectivity index (χ4v) is 3.09. The highest BCUT2D eigenvalue weighted by Crippen LogP contribution is 2.32. The van der Waals surface area contributed by atoms with Crippen molar-refractivity contribution in [3.05, 3.63) is 27.9 Å². The van der Waals surface area contributed by atoms with Crippen LogP contribution in [-0.4, -0.2) is 32.8 Å². The molecule has 1 N–H and O–H groups in total. The fourth-order valence-electron chi connectivity index (χ4n) is 1.36. The fraction of sp³-hybridized carbons (Fsp3) is 0.300. The summed E-state index contributed by atoms with van der Waals surface area (Å²) < 4.78 is 36.6. The van der Waals surface area contributed by atoms with E-state index in [1.165, 1.54) is 6.07 Å². The summed E-state index contributed by atoms with van der Waals surface area (Å²) in [6, 6.07) is 1.51. The molecule has 2 rings (SSSR count). The second kappa shape index (κ2) is 6.44. The van der Waals surface area contributed by atoms with Gasteiger partial charge < -0.3 is 5.32 Å². The number of nitro groups is 1. The van der Waals surface area contributed by atoms with E-state index in [2.05, 4.69) is 20.5 Å². The number of pyridine rings is 1. The van der Waals surface area contributed by atoms with Gasteiger partial charge in [-0.2, -0.15) is 13.2 Å². The minimum atomic E-state index is -4.34. The van der Waals surface area contributed by atoms with Gasteiger partial charge in [0.25, 0.3) is 5.69 Å². The van der Waals surface area contributed by atoms with Crippen LogP contribution in [0.3, 0.4) is 0 Å². The van der Waals surface area contributed by atoms with Gasteiger partial charge in [-0.3, -0.25) is 10.1 Å². The van der Waals surface area contributed by atoms with Crippen LogP contribution in [0, 0.1) is 17.0 Å². The highest BCUT2D eigenvalue weighted by atomic mass is 32.2. The minimum absolute atomic E-state index is 0.0402. The van der Waals surface area contributed by atoms with E-state index in [9.17, 15) is 23.3 Å². The van der Waals surface area contributed by atoms with Gasteiger partial charge in [-0.05, 0) is 24.8 Å². The molecule has 0 aliphatic carbocycles. The molecule has 0 amide bonds. The summed E-state index contributed by atoms with van der Waals surface area (Å²) in [6.45, 7) is 0.376. The Morgan fingerprint density at radius 1 is 1.45 bits per heavy atom. The van der Waals surface area contributed by atoms with Gasteiger partial charge in [0, 0.05) is 5.56 Å². The molecule has 0 aliphatic heterocycles. The zero-order chi connectivity index (χ0) is 16.3. The van der Waals surface area contributed by atoms with Crippen LogP contribution in [-0.2, 0) is 0 Å². The maximum absolute atomic E-state index is 12.1. The molecule has 2 aromatic rings. The molecule has 0 radical (unpaired) electrons. The van der Waals surface area contributed by atoms with E-state index in [4.69, 9.17) is 0 Å². The number of hydrogen-bond acceptors (Lipinski definition) is 8. The molecule has 12 heteroatoms. The molecular formula is C10H8F3N5O2S2. The van der Waals surface area contributed by atoms with Gasteiger partial charge in [0.2, 0.25) is 5.13 Å². The SMILES string of the molecule is Cc1cc(Sc2nnc(NCC(F)(F)F)s2)ncc1[N+](=O)[O-]. The standard InChI is InChI=1S/C10H8F3N5O2S2/c1-5-2-7(14-3-6(5)18(19)20)21-9-17-16-8(22-9)15-4-10(11,12)13/h2-3H,4H2,1H3,(H,15,16). The van der Waals surface area contributed by atoms with Crippen molar-refractivity contribution in [3.8, 4) is 0 Å². The molecule has 0 aliphatic rings. The third-order valence-electron chi connectivity index (χ3n) is 2.29. The molecule has 0 saturated heterocycles. The Balaban J connectivity index is 2.04. The van der Waals surface area contributed by atoms with Gasteiger partial charge in [0.05, 0.1) is 4.92 Å². The molecule has 22 heavy (non-hydrogen) atoms. The molecule has 0 saturated carbocycles. The van der Waals surface area contributed by atoms with Crippen molar-refractivity contribution < 1.29 is 18.1 Å². The van der Waals surface area contributed by atoms with Crippen molar-refractivity contribution >= 4 is 33.9 Å². The van der Waals surface area contributed by atoms with Gasteiger partial charge in [-0.1, -0.05) is 11.3 Å². The first-order valence-corrected chi connectivity index (χ1v) is 7.31. The Bertz CT molecular complexity index is 691. The lowest BCUT2D eigenvalue weighted by atomic mass is 10.3. The van der Waals surface area contributed by atoms with Crippen molar-refractivity contribution in [2.75, 3.05) is 11.9 Å². The van der Waals surface area contributed by atoms with E-state index < -0.39 is 17.6 Å². The largest absolute Gasteiger partial charge is 0.405 e. The second-order valence-electron chi connectivity index (χ2n) is 4.01. The van der Waals surface area contributed by atoms with Crippen molar-refractivity contribution in [2.45, 2.75) is 22.5 Å². The summed E-state index contributed by atoms with van der Waals surface area (Å²) in [7, 11) is 0. The highest BCUT2D eigenvalue weighted by Gasteiger charge is 2.27. The molecule has 0 aromatic carbocycles. The molecule has 2 heterocycles. The maximum Gasteiger partial charge on any atom is 0.405 e. The first kappa shape index (κ1) is 16.4. The Morgan fingerprint density at radius 3 is 2.77 bits per heavy atom. The summed E-state index contributed by atoms with van der Waals surface area (Å²) in [6.07, 6.45) is -3.21. The predicted octanol–water partition coefficient (Wildman–Crippen LogP) is 3.28. The van der Waals surface area contributed by atoms with Crippen LogP contribution in [0.2, 0.25) is 0 Å². The third-order valence-corrected chi connectivity index (χ3v) is 4.16. The van der Waals surface area contributed by atoms with Gasteiger partial charge in [0.15, 0.2) is 4.34 Å². The molecule has 0 spiro atoms. The topological polar surface area (TPSA) is 93.8 Å². The zero-order valence-electron chi connectivity index (χ0n) is 10.9. The molecule has 7 nitrogen and oxygen atoms in total. The number of nitrogens with one attached hydrogen (secondary N) is 1. The average Bonchev–Trinajstić information content (AvgIpc) is 2.83. The first-order chi connectivity index (χ1) is 10.2. The zero-order valence-corrected chi connectivity index (χ0v) is 12.6. The summed E-state index contributed by atoms with van der Waals surface area (Å²) >= 11 is 2.01. The number of nitrogens with zero attached hydrogens (tertiary/aromatic N) is 4. The Labute approximate surface area is 130 Å². The van der Waals surface area contributed by atoms with Crippen molar-refractivity contribution in [1.29, 1.82) is 0 Å². The lowest BCUT2D eigenvalue weighted by Gasteiger charge is -2.05. The number of halogens is 3. The summed E-state index contributed by atoms with van der Waals surface area (Å²) in [5.41, 5.74) is 0.330. The number of aromatic nitrogens is 3. The second-order valence-corrected chi connectivity index (χ2v) is 6.26. The average molecular weight is 351 g/mol. The Hall–Kier alpha value is -1.95. The van der Waals surface area contributed by atoms with Gasteiger partial charge in [-0.25, -0.2) is 4.98 Å². The lowest BCUT2D eigenvalue weighted by Crippen LogP contribution is -2.21. The molecule has 0 atom stereocenters. The summed E-state index contributed by atoms with van der Waals surface area (Å²) in [5, 5.41) is 20.6. The van der Waals surface area contributed by atoms with Crippen LogP contribution in [0.5, 0.6) is 0 Å². The monoisotopic (exact) mass is 351 g/mol. The highest BCUT2D eigenvalue weighted by molar-refractivity contribution is 8.01. The van der Waals surface area contributed by atoms with Crippen LogP contribution in [0.15, 0.2) is 21.6 Å². The van der Waals surface area contributed by atoms with Crippen LogP contribution in [0.1, 0.15) is 5.56 Å². The van der Waals surface area contributed by atoms with Gasteiger partial charge >= 0.3 is 6.18 Å². The molecule has 0 fully saturated rings. The van der Waals surface area contributed by atoms with Crippen molar-refractivity contribution in [2.24, 2.45) is 0 Å². The predicted molar refractivity (Wildman–Crippen MR) is 74.2 cm³/mol. The summed E-state index contributed by atoms with van der Waals surface area (Å²) in [5.74, 6) is 0.